The molecule has 1 aromatic rings. The van der Waals surface area contributed by atoms with E-state index in [2.05, 4.69) is 0 Å². The van der Waals surface area contributed by atoms with Gasteiger partial charge in [-0.2, -0.15) is 13.2 Å². The fraction of sp³-hybridized carbons (Fsp3) is 0.467. The number of carbonyl (C=O) groups is 2. The van der Waals surface area contributed by atoms with Gasteiger partial charge in [-0.25, -0.2) is 0 Å². The molecule has 0 bridgehead atoms. The lowest BCUT2D eigenvalue weighted by Crippen LogP contribution is -2.50. The quantitative estimate of drug-likeness (QED) is 0.837. The molecule has 2 rings (SSSR count). The Morgan fingerprint density at radius 3 is 2.23 bits per heavy atom. The molecule has 0 aromatic heterocycles. The third-order valence-corrected chi connectivity index (χ3v) is 3.69. The lowest BCUT2D eigenvalue weighted by Gasteiger charge is -2.34. The molecule has 1 heterocycles. The van der Waals surface area contributed by atoms with Crippen LogP contribution in [0.4, 0.5) is 13.2 Å². The van der Waals surface area contributed by atoms with Gasteiger partial charge in [0, 0.05) is 33.1 Å². The van der Waals surface area contributed by atoms with Gasteiger partial charge in [-0.1, -0.05) is 18.2 Å². The summed E-state index contributed by atoms with van der Waals surface area (Å²) < 4.78 is 37.9. The van der Waals surface area contributed by atoms with Gasteiger partial charge in [0.1, 0.15) is 0 Å². The van der Waals surface area contributed by atoms with Crippen LogP contribution in [0, 0.1) is 0 Å². The summed E-state index contributed by atoms with van der Waals surface area (Å²) in [4.78, 5) is 26.6. The first kappa shape index (κ1) is 16.3. The molecule has 1 fully saturated rings. The Kier molecular flexibility index (Phi) is 4.73. The van der Waals surface area contributed by atoms with Crippen LogP contribution in [0.2, 0.25) is 0 Å². The van der Waals surface area contributed by atoms with E-state index in [4.69, 9.17) is 0 Å². The second-order valence-electron chi connectivity index (χ2n) is 5.26. The fourth-order valence-corrected chi connectivity index (χ4v) is 2.41. The molecule has 1 aliphatic rings. The number of hydrogen-bond donors (Lipinski definition) is 0. The van der Waals surface area contributed by atoms with Crippen LogP contribution in [-0.4, -0.2) is 47.8 Å². The Labute approximate surface area is 126 Å². The molecule has 0 unspecified atom stereocenters. The van der Waals surface area contributed by atoms with Crippen molar-refractivity contribution in [2.45, 2.75) is 19.5 Å². The second-order valence-corrected chi connectivity index (χ2v) is 5.26. The molecule has 0 radical (unpaired) electrons. The van der Waals surface area contributed by atoms with Gasteiger partial charge in [-0.15, -0.1) is 0 Å². The largest absolute Gasteiger partial charge is 0.416 e. The zero-order valence-corrected chi connectivity index (χ0v) is 12.2. The van der Waals surface area contributed by atoms with Gasteiger partial charge in [0.05, 0.1) is 12.0 Å². The number of benzene rings is 1. The highest BCUT2D eigenvalue weighted by atomic mass is 19.4. The van der Waals surface area contributed by atoms with E-state index in [-0.39, 0.29) is 18.2 Å². The summed E-state index contributed by atoms with van der Waals surface area (Å²) in [7, 11) is 0. The summed E-state index contributed by atoms with van der Waals surface area (Å²) in [6.07, 6.45) is -4.48. The smallest absolute Gasteiger partial charge is 0.339 e. The molecule has 0 aliphatic carbocycles. The predicted molar refractivity (Wildman–Crippen MR) is 74.0 cm³/mol. The molecule has 120 valence electrons. The van der Waals surface area contributed by atoms with Crippen molar-refractivity contribution >= 4 is 11.8 Å². The number of rotatable bonds is 2. The zero-order chi connectivity index (χ0) is 16.3. The van der Waals surface area contributed by atoms with Crippen molar-refractivity contribution in [3.05, 3.63) is 35.4 Å². The first-order valence-corrected chi connectivity index (χ1v) is 6.97. The number of piperazine rings is 1. The van der Waals surface area contributed by atoms with E-state index in [0.29, 0.717) is 31.7 Å². The van der Waals surface area contributed by atoms with Crippen LogP contribution in [0.25, 0.3) is 0 Å². The molecule has 0 atom stereocenters. The summed E-state index contributed by atoms with van der Waals surface area (Å²) in [5, 5.41) is 0. The van der Waals surface area contributed by atoms with Gasteiger partial charge in [0.25, 0.3) is 0 Å². The summed E-state index contributed by atoms with van der Waals surface area (Å²) in [5.74, 6) is -0.257. The summed E-state index contributed by atoms with van der Waals surface area (Å²) >= 11 is 0. The van der Waals surface area contributed by atoms with Crippen molar-refractivity contribution in [2.75, 3.05) is 26.2 Å². The maximum atomic E-state index is 12.6. The third-order valence-electron chi connectivity index (χ3n) is 3.69. The number of amides is 2. The summed E-state index contributed by atoms with van der Waals surface area (Å²) in [6.45, 7) is 3.22. The number of hydrogen-bond acceptors (Lipinski definition) is 2. The molecule has 4 nitrogen and oxygen atoms in total. The van der Waals surface area contributed by atoms with Crippen molar-refractivity contribution < 1.29 is 22.8 Å². The molecular formula is C15H17F3N2O2. The molecule has 0 saturated carbocycles. The Bertz CT molecular complexity index is 564. The van der Waals surface area contributed by atoms with E-state index in [1.165, 1.54) is 19.1 Å². The number of alkyl halides is 3. The van der Waals surface area contributed by atoms with Crippen LogP contribution in [0.1, 0.15) is 18.1 Å². The minimum absolute atomic E-state index is 0.0371. The average Bonchev–Trinajstić information content (AvgIpc) is 2.46. The van der Waals surface area contributed by atoms with Crippen LogP contribution < -0.4 is 0 Å². The first-order chi connectivity index (χ1) is 10.3. The first-order valence-electron chi connectivity index (χ1n) is 6.97. The van der Waals surface area contributed by atoms with Gasteiger partial charge in [-0.05, 0) is 11.6 Å². The minimum atomic E-state index is -4.41. The van der Waals surface area contributed by atoms with Crippen molar-refractivity contribution in [1.82, 2.24) is 9.80 Å². The molecule has 7 heteroatoms. The third kappa shape index (κ3) is 3.99. The van der Waals surface area contributed by atoms with Crippen LogP contribution in [0.3, 0.4) is 0 Å². The monoisotopic (exact) mass is 314 g/mol. The van der Waals surface area contributed by atoms with Crippen LogP contribution >= 0.6 is 0 Å². The second kappa shape index (κ2) is 6.37. The van der Waals surface area contributed by atoms with Gasteiger partial charge in [0.15, 0.2) is 0 Å². The van der Waals surface area contributed by atoms with Gasteiger partial charge in [-0.3, -0.25) is 9.59 Å². The van der Waals surface area contributed by atoms with E-state index in [0.717, 1.165) is 12.1 Å². The van der Waals surface area contributed by atoms with Gasteiger partial charge < -0.3 is 9.80 Å². The Hall–Kier alpha value is -2.05. The number of halogens is 3. The fourth-order valence-electron chi connectivity index (χ4n) is 2.41. The number of nitrogens with zero attached hydrogens (tertiary/aromatic N) is 2. The molecule has 22 heavy (non-hydrogen) atoms. The Morgan fingerprint density at radius 2 is 1.68 bits per heavy atom. The van der Waals surface area contributed by atoms with E-state index < -0.39 is 11.7 Å². The summed E-state index contributed by atoms with van der Waals surface area (Å²) in [5.41, 5.74) is -0.409. The van der Waals surface area contributed by atoms with E-state index >= 15 is 0 Å². The maximum absolute atomic E-state index is 12.6. The molecule has 2 amide bonds. The Balaban J connectivity index is 1.97. The van der Waals surface area contributed by atoms with E-state index in [1.54, 1.807) is 9.80 Å². The molecule has 0 spiro atoms. The maximum Gasteiger partial charge on any atom is 0.416 e. The highest BCUT2D eigenvalue weighted by Gasteiger charge is 2.30. The van der Waals surface area contributed by atoms with Crippen molar-refractivity contribution in [2.24, 2.45) is 0 Å². The highest BCUT2D eigenvalue weighted by Crippen LogP contribution is 2.29. The van der Waals surface area contributed by atoms with E-state index in [9.17, 15) is 22.8 Å². The van der Waals surface area contributed by atoms with Gasteiger partial charge in [0.2, 0.25) is 11.8 Å². The molecule has 0 N–H and O–H groups in total. The minimum Gasteiger partial charge on any atom is -0.339 e. The molecular weight excluding hydrogens is 297 g/mol. The SMILES string of the molecule is CC(=O)N1CCN(C(=O)Cc2cccc(C(F)(F)F)c2)CC1. The zero-order valence-electron chi connectivity index (χ0n) is 12.2. The highest BCUT2D eigenvalue weighted by molar-refractivity contribution is 5.79. The standard InChI is InChI=1S/C15H17F3N2O2/c1-11(21)19-5-7-20(8-6-19)14(22)10-12-3-2-4-13(9-12)15(16,17)18/h2-4,9H,5-8,10H2,1H3. The molecule has 1 aromatic carbocycles. The Morgan fingerprint density at radius 1 is 1.09 bits per heavy atom. The van der Waals surface area contributed by atoms with Crippen molar-refractivity contribution in [3.8, 4) is 0 Å². The van der Waals surface area contributed by atoms with Gasteiger partial charge >= 0.3 is 6.18 Å². The van der Waals surface area contributed by atoms with Crippen LogP contribution in [0.5, 0.6) is 0 Å². The molecule has 1 saturated heterocycles. The van der Waals surface area contributed by atoms with E-state index in [1.807, 2.05) is 0 Å². The van der Waals surface area contributed by atoms with Crippen molar-refractivity contribution in [1.29, 1.82) is 0 Å². The number of carbonyl (C=O) groups excluding carboxylic acids is 2. The van der Waals surface area contributed by atoms with Crippen molar-refractivity contribution in [3.63, 3.8) is 0 Å². The predicted octanol–water partition coefficient (Wildman–Crippen LogP) is 1.94. The molecule has 1 aliphatic heterocycles. The lowest BCUT2D eigenvalue weighted by molar-refractivity contribution is -0.138. The van der Waals surface area contributed by atoms with Crippen LogP contribution in [-0.2, 0) is 22.2 Å². The summed E-state index contributed by atoms with van der Waals surface area (Å²) in [6, 6.07) is 4.81. The van der Waals surface area contributed by atoms with Crippen LogP contribution in [0.15, 0.2) is 24.3 Å². The topological polar surface area (TPSA) is 40.6 Å². The normalized spacial score (nSPS) is 15.8. The lowest BCUT2D eigenvalue weighted by atomic mass is 10.1. The average molecular weight is 314 g/mol.